The predicted molar refractivity (Wildman–Crippen MR) is 51.5 cm³/mol. The summed E-state index contributed by atoms with van der Waals surface area (Å²) in [6.45, 7) is 0.222. The number of amides is 1. The van der Waals surface area contributed by atoms with E-state index in [2.05, 4.69) is 0 Å². The highest BCUT2D eigenvalue weighted by Crippen LogP contribution is 2.32. The number of rotatable bonds is 2. The number of nitrogens with one attached hydrogen (secondary N) is 1. The molecule has 0 saturated carbocycles. The molecule has 5 nitrogen and oxygen atoms in total. The fraction of sp³-hybridized carbons (Fsp3) is 0.100. The van der Waals surface area contributed by atoms with Crippen LogP contribution in [-0.2, 0) is 4.79 Å². The Hall–Kier alpha value is -2.01. The molecule has 1 aromatic rings. The van der Waals surface area contributed by atoms with Crippen LogP contribution in [0.2, 0.25) is 0 Å². The van der Waals surface area contributed by atoms with Crippen LogP contribution < -0.4 is 15.0 Å². The van der Waals surface area contributed by atoms with Crippen LogP contribution in [0.4, 0.5) is 0 Å². The molecule has 2 rings (SSSR count). The van der Waals surface area contributed by atoms with Crippen LogP contribution in [-0.4, -0.2) is 17.9 Å². The molecule has 0 aliphatic carbocycles. The van der Waals surface area contributed by atoms with Gasteiger partial charge in [0.15, 0.2) is 11.5 Å². The van der Waals surface area contributed by atoms with E-state index in [0.717, 1.165) is 5.56 Å². The topological polar surface area (TPSA) is 67.8 Å². The third-order valence-corrected chi connectivity index (χ3v) is 1.93. The third-order valence-electron chi connectivity index (χ3n) is 1.93. The van der Waals surface area contributed by atoms with E-state index < -0.39 is 5.91 Å². The van der Waals surface area contributed by atoms with E-state index in [1.165, 1.54) is 11.6 Å². The minimum absolute atomic E-state index is 0.222. The van der Waals surface area contributed by atoms with Gasteiger partial charge in [-0.2, -0.15) is 0 Å². The van der Waals surface area contributed by atoms with Crippen molar-refractivity contribution >= 4 is 12.0 Å². The van der Waals surface area contributed by atoms with E-state index in [9.17, 15) is 4.79 Å². The minimum Gasteiger partial charge on any atom is -0.454 e. The van der Waals surface area contributed by atoms with Gasteiger partial charge in [-0.25, -0.2) is 5.48 Å². The molecule has 78 valence electrons. The lowest BCUT2D eigenvalue weighted by Crippen LogP contribution is -2.14. The molecular formula is C10H9NO4. The zero-order chi connectivity index (χ0) is 10.7. The lowest BCUT2D eigenvalue weighted by molar-refractivity contribution is -0.124. The Labute approximate surface area is 85.9 Å². The number of fused-ring (bicyclic) bond motifs is 1. The average Bonchev–Trinajstić information content (AvgIpc) is 2.72. The Morgan fingerprint density at radius 1 is 1.40 bits per heavy atom. The van der Waals surface area contributed by atoms with Gasteiger partial charge in [0.2, 0.25) is 6.79 Å². The molecule has 0 unspecified atom stereocenters. The Balaban J connectivity index is 2.16. The van der Waals surface area contributed by atoms with Gasteiger partial charge in [0.05, 0.1) is 0 Å². The fourth-order valence-corrected chi connectivity index (χ4v) is 1.23. The first-order valence-electron chi connectivity index (χ1n) is 4.31. The highest BCUT2D eigenvalue weighted by Gasteiger charge is 2.12. The minimum atomic E-state index is -0.576. The normalized spacial score (nSPS) is 13.1. The van der Waals surface area contributed by atoms with Crippen molar-refractivity contribution in [3.8, 4) is 11.5 Å². The molecule has 2 N–H and O–H groups in total. The second-order valence-electron chi connectivity index (χ2n) is 2.92. The highest BCUT2D eigenvalue weighted by atomic mass is 16.7. The average molecular weight is 207 g/mol. The Bertz CT molecular complexity index is 414. The summed E-state index contributed by atoms with van der Waals surface area (Å²) in [7, 11) is 0. The number of hydroxylamine groups is 1. The van der Waals surface area contributed by atoms with Gasteiger partial charge in [0.25, 0.3) is 5.91 Å². The summed E-state index contributed by atoms with van der Waals surface area (Å²) in [6, 6.07) is 5.30. The molecule has 0 saturated heterocycles. The van der Waals surface area contributed by atoms with Crippen LogP contribution in [0.5, 0.6) is 11.5 Å². The highest BCUT2D eigenvalue weighted by molar-refractivity contribution is 5.90. The van der Waals surface area contributed by atoms with Crippen molar-refractivity contribution in [1.29, 1.82) is 0 Å². The summed E-state index contributed by atoms with van der Waals surface area (Å²) in [6.07, 6.45) is 2.78. The molecule has 5 heteroatoms. The first kappa shape index (κ1) is 9.54. The third kappa shape index (κ3) is 2.08. The summed E-state index contributed by atoms with van der Waals surface area (Å²) < 4.78 is 10.3. The van der Waals surface area contributed by atoms with Crippen LogP contribution in [0.3, 0.4) is 0 Å². The molecule has 1 aliphatic rings. The molecule has 0 aromatic heterocycles. The van der Waals surface area contributed by atoms with Crippen LogP contribution in [0.15, 0.2) is 24.3 Å². The van der Waals surface area contributed by atoms with Crippen molar-refractivity contribution in [2.75, 3.05) is 6.79 Å². The molecule has 1 heterocycles. The van der Waals surface area contributed by atoms with Crippen molar-refractivity contribution in [2.24, 2.45) is 0 Å². The number of hydrogen-bond acceptors (Lipinski definition) is 4. The smallest absolute Gasteiger partial charge is 0.267 e. The van der Waals surface area contributed by atoms with Gasteiger partial charge in [-0.05, 0) is 23.8 Å². The zero-order valence-electron chi connectivity index (χ0n) is 7.77. The molecule has 0 radical (unpaired) electrons. The molecule has 0 spiro atoms. The molecule has 15 heavy (non-hydrogen) atoms. The summed E-state index contributed by atoms with van der Waals surface area (Å²) in [5, 5.41) is 8.27. The summed E-state index contributed by atoms with van der Waals surface area (Å²) in [5.41, 5.74) is 2.30. The molecule has 0 fully saturated rings. The first-order chi connectivity index (χ1) is 7.29. The maximum Gasteiger partial charge on any atom is 0.267 e. The summed E-state index contributed by atoms with van der Waals surface area (Å²) in [5.74, 6) is 0.771. The molecular weight excluding hydrogens is 198 g/mol. The summed E-state index contributed by atoms with van der Waals surface area (Å²) in [4.78, 5) is 10.7. The monoisotopic (exact) mass is 207 g/mol. The quantitative estimate of drug-likeness (QED) is 0.430. The largest absolute Gasteiger partial charge is 0.454 e. The fourth-order valence-electron chi connectivity index (χ4n) is 1.23. The maximum absolute atomic E-state index is 10.7. The van der Waals surface area contributed by atoms with Crippen molar-refractivity contribution in [3.63, 3.8) is 0 Å². The van der Waals surface area contributed by atoms with E-state index >= 15 is 0 Å². The van der Waals surface area contributed by atoms with Crippen molar-refractivity contribution in [1.82, 2.24) is 5.48 Å². The summed E-state index contributed by atoms with van der Waals surface area (Å²) >= 11 is 0. The maximum atomic E-state index is 10.7. The number of ether oxygens (including phenoxy) is 2. The van der Waals surface area contributed by atoms with Crippen molar-refractivity contribution in [3.05, 3.63) is 29.8 Å². The van der Waals surface area contributed by atoms with E-state index in [4.69, 9.17) is 14.7 Å². The van der Waals surface area contributed by atoms with Gasteiger partial charge in [0, 0.05) is 6.08 Å². The van der Waals surface area contributed by atoms with E-state index in [0.29, 0.717) is 11.5 Å². The van der Waals surface area contributed by atoms with Gasteiger partial charge >= 0.3 is 0 Å². The van der Waals surface area contributed by atoms with Crippen LogP contribution in [0.25, 0.3) is 6.08 Å². The van der Waals surface area contributed by atoms with Gasteiger partial charge in [-0.15, -0.1) is 0 Å². The number of benzene rings is 1. The standard InChI is InChI=1S/C10H9NO4/c12-10(11-13)4-2-7-1-3-8-9(5-7)15-6-14-8/h1-5,13H,6H2,(H,11,12)/b4-2+. The van der Waals surface area contributed by atoms with Crippen LogP contribution in [0, 0.1) is 0 Å². The molecule has 1 aromatic carbocycles. The van der Waals surface area contributed by atoms with Gasteiger partial charge in [-0.1, -0.05) is 6.07 Å². The predicted octanol–water partition coefficient (Wildman–Crippen LogP) is 0.934. The second kappa shape index (κ2) is 4.02. The SMILES string of the molecule is O=C(/C=C/c1ccc2c(c1)OCO2)NO. The van der Waals surface area contributed by atoms with Gasteiger partial charge in [0.1, 0.15) is 0 Å². The van der Waals surface area contributed by atoms with Gasteiger partial charge < -0.3 is 9.47 Å². The van der Waals surface area contributed by atoms with E-state index in [1.54, 1.807) is 24.3 Å². The lowest BCUT2D eigenvalue weighted by atomic mass is 10.2. The lowest BCUT2D eigenvalue weighted by Gasteiger charge is -1.97. The number of hydrogen-bond donors (Lipinski definition) is 2. The zero-order valence-corrected chi connectivity index (χ0v) is 7.77. The van der Waals surface area contributed by atoms with Crippen molar-refractivity contribution in [2.45, 2.75) is 0 Å². The molecule has 0 bridgehead atoms. The Kier molecular flexibility index (Phi) is 2.55. The van der Waals surface area contributed by atoms with E-state index in [-0.39, 0.29) is 6.79 Å². The molecule has 0 atom stereocenters. The Morgan fingerprint density at radius 2 is 2.20 bits per heavy atom. The van der Waals surface area contributed by atoms with Crippen molar-refractivity contribution < 1.29 is 19.5 Å². The molecule has 1 aliphatic heterocycles. The first-order valence-corrected chi connectivity index (χ1v) is 4.31. The van der Waals surface area contributed by atoms with Gasteiger partial charge in [-0.3, -0.25) is 10.0 Å². The number of carbonyl (C=O) groups excluding carboxylic acids is 1. The second-order valence-corrected chi connectivity index (χ2v) is 2.92. The number of carbonyl (C=O) groups is 1. The molecule has 1 amide bonds. The van der Waals surface area contributed by atoms with Crippen LogP contribution >= 0.6 is 0 Å². The Morgan fingerprint density at radius 3 is 3.00 bits per heavy atom. The van der Waals surface area contributed by atoms with Crippen LogP contribution in [0.1, 0.15) is 5.56 Å². The van der Waals surface area contributed by atoms with E-state index in [1.807, 2.05) is 0 Å².